The highest BCUT2D eigenvalue weighted by Crippen LogP contribution is 2.17. The summed E-state index contributed by atoms with van der Waals surface area (Å²) in [6.07, 6.45) is 2.98. The van der Waals surface area contributed by atoms with Crippen molar-refractivity contribution in [2.24, 2.45) is 0 Å². The number of rotatable bonds is 3. The second-order valence-electron chi connectivity index (χ2n) is 4.00. The van der Waals surface area contributed by atoms with E-state index in [1.54, 1.807) is 36.4 Å². The van der Waals surface area contributed by atoms with Crippen LogP contribution in [0.2, 0.25) is 5.02 Å². The lowest BCUT2D eigenvalue weighted by atomic mass is 10.2. The Bertz CT molecular complexity index is 655. The Morgan fingerprint density at radius 1 is 1.20 bits per heavy atom. The molecule has 1 amide bonds. The molecule has 0 saturated heterocycles. The molecular formula is C15H10ClFINO. The Morgan fingerprint density at radius 2 is 1.90 bits per heavy atom. The van der Waals surface area contributed by atoms with Crippen molar-refractivity contribution in [3.8, 4) is 0 Å². The third-order valence-corrected chi connectivity index (χ3v) is 3.41. The highest BCUT2D eigenvalue weighted by Gasteiger charge is 2.04. The monoisotopic (exact) mass is 401 g/mol. The predicted octanol–water partition coefficient (Wildman–Crippen LogP) is 4.74. The molecule has 2 nitrogen and oxygen atoms in total. The molecule has 2 aromatic rings. The molecule has 20 heavy (non-hydrogen) atoms. The number of hydrogen-bond donors (Lipinski definition) is 1. The zero-order valence-corrected chi connectivity index (χ0v) is 13.2. The molecular weight excluding hydrogens is 392 g/mol. The molecule has 0 aliphatic heterocycles. The van der Waals surface area contributed by atoms with Gasteiger partial charge in [-0.3, -0.25) is 4.79 Å². The van der Waals surface area contributed by atoms with Crippen molar-refractivity contribution in [2.45, 2.75) is 0 Å². The summed E-state index contributed by atoms with van der Waals surface area (Å²) in [6, 6.07) is 11.7. The Kier molecular flexibility index (Phi) is 5.14. The van der Waals surface area contributed by atoms with E-state index in [-0.39, 0.29) is 11.6 Å². The first-order valence-electron chi connectivity index (χ1n) is 5.74. The summed E-state index contributed by atoms with van der Waals surface area (Å²) < 4.78 is 14.3. The lowest BCUT2D eigenvalue weighted by molar-refractivity contribution is -0.111. The summed E-state index contributed by atoms with van der Waals surface area (Å²) in [7, 11) is 0. The van der Waals surface area contributed by atoms with Crippen molar-refractivity contribution < 1.29 is 9.18 Å². The van der Waals surface area contributed by atoms with Crippen LogP contribution in [0.5, 0.6) is 0 Å². The molecule has 2 rings (SSSR count). The van der Waals surface area contributed by atoms with Crippen LogP contribution in [0.25, 0.3) is 6.08 Å². The third-order valence-electron chi connectivity index (χ3n) is 2.49. The van der Waals surface area contributed by atoms with Crippen molar-refractivity contribution >= 4 is 51.9 Å². The van der Waals surface area contributed by atoms with Gasteiger partial charge in [-0.05, 0) is 64.6 Å². The number of hydrogen-bond acceptors (Lipinski definition) is 1. The Hall–Kier alpha value is -1.40. The van der Waals surface area contributed by atoms with Crippen molar-refractivity contribution in [3.63, 3.8) is 0 Å². The number of amides is 1. The van der Waals surface area contributed by atoms with E-state index in [4.69, 9.17) is 11.6 Å². The molecule has 0 aliphatic rings. The lowest BCUT2D eigenvalue weighted by Crippen LogP contribution is -2.09. The van der Waals surface area contributed by atoms with E-state index in [2.05, 4.69) is 5.32 Å². The minimum absolute atomic E-state index is 0.163. The number of nitrogens with one attached hydrogen (secondary N) is 1. The van der Waals surface area contributed by atoms with Crippen LogP contribution >= 0.6 is 34.2 Å². The topological polar surface area (TPSA) is 29.1 Å². The zero-order valence-electron chi connectivity index (χ0n) is 10.2. The van der Waals surface area contributed by atoms with Gasteiger partial charge in [-0.15, -0.1) is 0 Å². The molecule has 0 spiro atoms. The molecule has 0 heterocycles. The summed E-state index contributed by atoms with van der Waals surface area (Å²) in [5.74, 6) is -0.842. The van der Waals surface area contributed by atoms with Crippen LogP contribution in [-0.4, -0.2) is 5.91 Å². The van der Waals surface area contributed by atoms with E-state index in [9.17, 15) is 9.18 Å². The Morgan fingerprint density at radius 3 is 2.55 bits per heavy atom. The molecule has 1 N–H and O–H groups in total. The van der Waals surface area contributed by atoms with Gasteiger partial charge in [0.2, 0.25) is 5.91 Å². The maximum Gasteiger partial charge on any atom is 0.248 e. The molecule has 0 bridgehead atoms. The molecule has 5 heteroatoms. The van der Waals surface area contributed by atoms with Crippen LogP contribution < -0.4 is 5.32 Å². The molecule has 0 unspecified atom stereocenters. The first kappa shape index (κ1) is 15.0. The zero-order chi connectivity index (χ0) is 14.5. The second-order valence-corrected chi connectivity index (χ2v) is 5.68. The fraction of sp³-hybridized carbons (Fsp3) is 0. The predicted molar refractivity (Wildman–Crippen MR) is 88.2 cm³/mol. The van der Waals surface area contributed by atoms with E-state index in [1.807, 2.05) is 22.6 Å². The van der Waals surface area contributed by atoms with Gasteiger partial charge in [0.1, 0.15) is 5.82 Å². The second kappa shape index (κ2) is 6.85. The molecule has 102 valence electrons. The van der Waals surface area contributed by atoms with Crippen LogP contribution in [0.3, 0.4) is 0 Å². The van der Waals surface area contributed by atoms with E-state index >= 15 is 0 Å². The van der Waals surface area contributed by atoms with Gasteiger partial charge in [0, 0.05) is 14.7 Å². The summed E-state index contributed by atoms with van der Waals surface area (Å²) in [6.45, 7) is 0. The van der Waals surface area contributed by atoms with E-state index in [1.165, 1.54) is 18.2 Å². The highest BCUT2D eigenvalue weighted by molar-refractivity contribution is 14.1. The lowest BCUT2D eigenvalue weighted by Gasteiger charge is -2.04. The van der Waals surface area contributed by atoms with Gasteiger partial charge in [-0.25, -0.2) is 4.39 Å². The minimum atomic E-state index is -0.454. The largest absolute Gasteiger partial charge is 0.320 e. The standard InChI is InChI=1S/C15H10ClFINO/c16-11-4-1-10(2-5-11)3-8-15(20)19-14-7-6-12(18)9-13(14)17/h1-9H,(H,19,20)/b8-3+. The smallest absolute Gasteiger partial charge is 0.248 e. The number of carbonyl (C=O) groups excluding carboxylic acids is 1. The Labute approximate surface area is 134 Å². The van der Waals surface area contributed by atoms with Crippen LogP contribution in [0.4, 0.5) is 10.1 Å². The van der Waals surface area contributed by atoms with Gasteiger partial charge in [-0.2, -0.15) is 0 Å². The number of halogens is 3. The van der Waals surface area contributed by atoms with Gasteiger partial charge >= 0.3 is 0 Å². The SMILES string of the molecule is O=C(/C=C/c1ccc(Cl)cc1)Nc1ccc(I)cc1F. The van der Waals surface area contributed by atoms with E-state index in [0.29, 0.717) is 5.02 Å². The fourth-order valence-electron chi connectivity index (χ4n) is 1.51. The molecule has 0 atom stereocenters. The van der Waals surface area contributed by atoms with Gasteiger partial charge in [0.15, 0.2) is 0 Å². The van der Waals surface area contributed by atoms with Gasteiger partial charge in [0.05, 0.1) is 5.69 Å². The van der Waals surface area contributed by atoms with Gasteiger partial charge in [0.25, 0.3) is 0 Å². The molecule has 0 fully saturated rings. The van der Waals surface area contributed by atoms with Crippen LogP contribution in [0.1, 0.15) is 5.56 Å². The molecule has 0 radical (unpaired) electrons. The van der Waals surface area contributed by atoms with E-state index in [0.717, 1.165) is 9.13 Å². The van der Waals surface area contributed by atoms with Crippen LogP contribution in [0, 0.1) is 9.39 Å². The normalized spacial score (nSPS) is 10.8. The van der Waals surface area contributed by atoms with Crippen molar-refractivity contribution in [1.29, 1.82) is 0 Å². The highest BCUT2D eigenvalue weighted by atomic mass is 127. The fourth-order valence-corrected chi connectivity index (χ4v) is 2.09. The number of anilines is 1. The summed E-state index contributed by atoms with van der Waals surface area (Å²) in [5.41, 5.74) is 1.00. The summed E-state index contributed by atoms with van der Waals surface area (Å²) >= 11 is 7.77. The maximum absolute atomic E-state index is 13.6. The Balaban J connectivity index is 2.03. The minimum Gasteiger partial charge on any atom is -0.320 e. The first-order chi connectivity index (χ1) is 9.54. The summed E-state index contributed by atoms with van der Waals surface area (Å²) in [5, 5.41) is 3.12. The quantitative estimate of drug-likeness (QED) is 0.584. The van der Waals surface area contributed by atoms with Gasteiger partial charge < -0.3 is 5.32 Å². The van der Waals surface area contributed by atoms with Crippen molar-refractivity contribution in [2.75, 3.05) is 5.32 Å². The third kappa shape index (κ3) is 4.31. The van der Waals surface area contributed by atoms with E-state index < -0.39 is 5.82 Å². The first-order valence-corrected chi connectivity index (χ1v) is 7.20. The molecule has 0 aromatic heterocycles. The number of carbonyl (C=O) groups is 1. The maximum atomic E-state index is 13.6. The molecule has 0 aliphatic carbocycles. The van der Waals surface area contributed by atoms with Crippen LogP contribution in [0.15, 0.2) is 48.5 Å². The molecule has 2 aromatic carbocycles. The number of benzene rings is 2. The van der Waals surface area contributed by atoms with Crippen molar-refractivity contribution in [1.82, 2.24) is 0 Å². The summed E-state index contributed by atoms with van der Waals surface area (Å²) in [4.78, 5) is 11.7. The van der Waals surface area contributed by atoms with Gasteiger partial charge in [-0.1, -0.05) is 23.7 Å². The van der Waals surface area contributed by atoms with Crippen molar-refractivity contribution in [3.05, 3.63) is 68.5 Å². The average molecular weight is 402 g/mol. The average Bonchev–Trinajstić information content (AvgIpc) is 2.41. The molecule has 0 saturated carbocycles. The van der Waals surface area contributed by atoms with Crippen LogP contribution in [-0.2, 0) is 4.79 Å².